The maximum absolute atomic E-state index is 12.1. The van der Waals surface area contributed by atoms with E-state index in [4.69, 9.17) is 0 Å². The van der Waals surface area contributed by atoms with Crippen LogP contribution in [0.5, 0.6) is 0 Å². The van der Waals surface area contributed by atoms with Gasteiger partial charge in [0, 0.05) is 5.54 Å². The number of hydrogen-bond donors (Lipinski definition) is 1. The highest BCUT2D eigenvalue weighted by Gasteiger charge is 2.40. The van der Waals surface area contributed by atoms with E-state index in [1.54, 1.807) is 24.3 Å². The number of hydrogen-bond acceptors (Lipinski definition) is 2. The summed E-state index contributed by atoms with van der Waals surface area (Å²) in [6.07, 6.45) is 2.23. The predicted octanol–water partition coefficient (Wildman–Crippen LogP) is 2.15. The molecule has 1 fully saturated rings. The van der Waals surface area contributed by atoms with Crippen molar-refractivity contribution in [1.29, 1.82) is 0 Å². The maximum atomic E-state index is 12.1. The molecule has 0 unspecified atom stereocenters. The van der Waals surface area contributed by atoms with E-state index in [-0.39, 0.29) is 5.54 Å². The van der Waals surface area contributed by atoms with Crippen molar-refractivity contribution >= 4 is 10.0 Å². The Bertz CT molecular complexity index is 461. The summed E-state index contributed by atoms with van der Waals surface area (Å²) in [7, 11) is -3.37. The van der Waals surface area contributed by atoms with Gasteiger partial charge < -0.3 is 0 Å². The summed E-state index contributed by atoms with van der Waals surface area (Å²) in [5, 5.41) is 0. The fraction of sp³-hybridized carbons (Fsp3) is 0.500. The van der Waals surface area contributed by atoms with Crippen molar-refractivity contribution in [3.8, 4) is 0 Å². The molecular weight excluding hydrogens is 222 g/mol. The maximum Gasteiger partial charge on any atom is 0.241 e. The minimum absolute atomic E-state index is 0.337. The number of rotatable bonds is 4. The molecule has 88 valence electrons. The average molecular weight is 239 g/mol. The van der Waals surface area contributed by atoms with E-state index >= 15 is 0 Å². The molecule has 0 saturated heterocycles. The summed E-state index contributed by atoms with van der Waals surface area (Å²) in [6, 6.07) is 8.51. The monoisotopic (exact) mass is 239 g/mol. The van der Waals surface area contributed by atoms with Crippen molar-refractivity contribution in [1.82, 2.24) is 4.72 Å². The SMILES string of the molecule is CC(C)(NS(=O)(=O)c1ccccc1)C1CC1. The molecular formula is C12H17NO2S. The van der Waals surface area contributed by atoms with Crippen molar-refractivity contribution < 1.29 is 8.42 Å². The first-order valence-electron chi connectivity index (χ1n) is 5.51. The van der Waals surface area contributed by atoms with Gasteiger partial charge in [-0.05, 0) is 44.7 Å². The van der Waals surface area contributed by atoms with Crippen LogP contribution < -0.4 is 4.72 Å². The van der Waals surface area contributed by atoms with Crippen molar-refractivity contribution in [3.05, 3.63) is 30.3 Å². The molecule has 0 bridgehead atoms. The minimum Gasteiger partial charge on any atom is -0.207 e. The third-order valence-electron chi connectivity index (χ3n) is 3.05. The molecule has 1 aliphatic carbocycles. The predicted molar refractivity (Wildman–Crippen MR) is 63.6 cm³/mol. The first-order valence-corrected chi connectivity index (χ1v) is 6.99. The van der Waals surface area contributed by atoms with Crippen LogP contribution in [0.25, 0.3) is 0 Å². The van der Waals surface area contributed by atoms with Gasteiger partial charge in [0.05, 0.1) is 4.90 Å². The van der Waals surface area contributed by atoms with Gasteiger partial charge in [-0.3, -0.25) is 0 Å². The lowest BCUT2D eigenvalue weighted by Gasteiger charge is -2.25. The molecule has 0 atom stereocenters. The molecule has 1 saturated carbocycles. The second-order valence-corrected chi connectivity index (χ2v) is 6.60. The minimum atomic E-state index is -3.37. The zero-order valence-electron chi connectivity index (χ0n) is 9.60. The molecule has 1 aromatic carbocycles. The van der Waals surface area contributed by atoms with Gasteiger partial charge in [-0.15, -0.1) is 0 Å². The Morgan fingerprint density at radius 1 is 1.19 bits per heavy atom. The molecule has 0 heterocycles. The Balaban J connectivity index is 2.21. The van der Waals surface area contributed by atoms with Gasteiger partial charge in [-0.1, -0.05) is 18.2 Å². The number of benzene rings is 1. The Morgan fingerprint density at radius 2 is 1.75 bits per heavy atom. The second kappa shape index (κ2) is 3.86. The third-order valence-corrected chi connectivity index (χ3v) is 4.74. The molecule has 3 nitrogen and oxygen atoms in total. The van der Waals surface area contributed by atoms with Crippen molar-refractivity contribution in [2.45, 2.75) is 37.1 Å². The van der Waals surface area contributed by atoms with Crippen molar-refractivity contribution in [2.24, 2.45) is 5.92 Å². The van der Waals surface area contributed by atoms with Crippen LogP contribution in [0.2, 0.25) is 0 Å². The highest BCUT2D eigenvalue weighted by atomic mass is 32.2. The summed E-state index contributed by atoms with van der Waals surface area (Å²) < 4.78 is 26.9. The average Bonchev–Trinajstić information content (AvgIpc) is 3.00. The molecule has 1 aliphatic rings. The van der Waals surface area contributed by atoms with Crippen molar-refractivity contribution in [3.63, 3.8) is 0 Å². The molecule has 4 heteroatoms. The molecule has 16 heavy (non-hydrogen) atoms. The molecule has 1 N–H and O–H groups in total. The third kappa shape index (κ3) is 2.44. The van der Waals surface area contributed by atoms with Crippen LogP contribution in [0.4, 0.5) is 0 Å². The summed E-state index contributed by atoms with van der Waals surface area (Å²) in [6.45, 7) is 3.90. The van der Waals surface area contributed by atoms with E-state index in [0.717, 1.165) is 12.8 Å². The highest BCUT2D eigenvalue weighted by Crippen LogP contribution is 2.39. The Hall–Kier alpha value is -0.870. The fourth-order valence-electron chi connectivity index (χ4n) is 1.89. The lowest BCUT2D eigenvalue weighted by atomic mass is 10.0. The molecule has 1 aromatic rings. The van der Waals surface area contributed by atoms with Crippen LogP contribution >= 0.6 is 0 Å². The molecule has 0 aliphatic heterocycles. The number of nitrogens with one attached hydrogen (secondary N) is 1. The summed E-state index contributed by atoms with van der Waals surface area (Å²) in [5.41, 5.74) is -0.339. The van der Waals surface area contributed by atoms with Gasteiger partial charge in [0.25, 0.3) is 0 Å². The smallest absolute Gasteiger partial charge is 0.207 e. The van der Waals surface area contributed by atoms with Crippen LogP contribution in [0.1, 0.15) is 26.7 Å². The van der Waals surface area contributed by atoms with Crippen LogP contribution in [-0.2, 0) is 10.0 Å². The summed E-state index contributed by atoms with van der Waals surface area (Å²) in [5.74, 6) is 0.478. The van der Waals surface area contributed by atoms with E-state index < -0.39 is 10.0 Å². The number of sulfonamides is 1. The highest BCUT2D eigenvalue weighted by molar-refractivity contribution is 7.89. The van der Waals surface area contributed by atoms with Gasteiger partial charge in [0.1, 0.15) is 0 Å². The molecule has 0 amide bonds. The molecule has 2 rings (SSSR count). The standard InChI is InChI=1S/C12H17NO2S/c1-12(2,10-8-9-10)13-16(14,15)11-6-4-3-5-7-11/h3-7,10,13H,8-9H2,1-2H3. The van der Waals surface area contributed by atoms with Crippen LogP contribution in [-0.4, -0.2) is 14.0 Å². The van der Waals surface area contributed by atoms with Gasteiger partial charge in [-0.2, -0.15) is 0 Å². The van der Waals surface area contributed by atoms with Crippen LogP contribution in [0.15, 0.2) is 35.2 Å². The first kappa shape index (κ1) is 11.6. The van der Waals surface area contributed by atoms with E-state index in [9.17, 15) is 8.42 Å². The van der Waals surface area contributed by atoms with E-state index in [1.807, 2.05) is 19.9 Å². The molecule has 0 radical (unpaired) electrons. The van der Waals surface area contributed by atoms with E-state index in [2.05, 4.69) is 4.72 Å². The summed E-state index contributed by atoms with van der Waals surface area (Å²) >= 11 is 0. The normalized spacial score (nSPS) is 17.4. The lowest BCUT2D eigenvalue weighted by Crippen LogP contribution is -2.45. The van der Waals surface area contributed by atoms with E-state index in [1.165, 1.54) is 0 Å². The van der Waals surface area contributed by atoms with Crippen LogP contribution in [0.3, 0.4) is 0 Å². The van der Waals surface area contributed by atoms with Gasteiger partial charge >= 0.3 is 0 Å². The Labute approximate surface area is 96.9 Å². The summed E-state index contributed by atoms with van der Waals surface area (Å²) in [4.78, 5) is 0.337. The zero-order chi connectivity index (χ0) is 11.8. The van der Waals surface area contributed by atoms with E-state index in [0.29, 0.717) is 10.8 Å². The first-order chi connectivity index (χ1) is 7.42. The van der Waals surface area contributed by atoms with Gasteiger partial charge in [0.15, 0.2) is 0 Å². The molecule has 0 aromatic heterocycles. The quantitative estimate of drug-likeness (QED) is 0.875. The zero-order valence-corrected chi connectivity index (χ0v) is 10.4. The van der Waals surface area contributed by atoms with Gasteiger partial charge in [-0.25, -0.2) is 13.1 Å². The molecule has 0 spiro atoms. The Kier molecular flexibility index (Phi) is 2.80. The largest absolute Gasteiger partial charge is 0.241 e. The lowest BCUT2D eigenvalue weighted by molar-refractivity contribution is 0.400. The fourth-order valence-corrected chi connectivity index (χ4v) is 3.39. The second-order valence-electron chi connectivity index (χ2n) is 4.91. The topological polar surface area (TPSA) is 46.2 Å². The van der Waals surface area contributed by atoms with Crippen molar-refractivity contribution in [2.75, 3.05) is 0 Å². The Morgan fingerprint density at radius 3 is 2.25 bits per heavy atom. The van der Waals surface area contributed by atoms with Crippen LogP contribution in [0, 0.1) is 5.92 Å². The van der Waals surface area contributed by atoms with Gasteiger partial charge in [0.2, 0.25) is 10.0 Å².